The van der Waals surface area contributed by atoms with Crippen molar-refractivity contribution in [3.63, 3.8) is 0 Å². The summed E-state index contributed by atoms with van der Waals surface area (Å²) in [5.74, 6) is -0.0154. The molecule has 0 bridgehead atoms. The summed E-state index contributed by atoms with van der Waals surface area (Å²) in [7, 11) is 0. The highest BCUT2D eigenvalue weighted by Crippen LogP contribution is 2.10. The molecule has 1 heterocycles. The van der Waals surface area contributed by atoms with Gasteiger partial charge in [0.05, 0.1) is 12.1 Å². The van der Waals surface area contributed by atoms with Gasteiger partial charge in [0.25, 0.3) is 0 Å². The molecule has 13 heavy (non-hydrogen) atoms. The lowest BCUT2D eigenvalue weighted by atomic mass is 10.1. The van der Waals surface area contributed by atoms with E-state index < -0.39 is 0 Å². The number of nitrogens with two attached hydrogens (primary N) is 1. The number of aliphatic hydroxyl groups excluding tert-OH is 1. The van der Waals surface area contributed by atoms with Crippen LogP contribution in [0.25, 0.3) is 0 Å². The molecule has 1 aliphatic heterocycles. The minimum Gasteiger partial charge on any atom is -0.391 e. The van der Waals surface area contributed by atoms with E-state index in [0.29, 0.717) is 19.5 Å². The van der Waals surface area contributed by atoms with Gasteiger partial charge >= 0.3 is 0 Å². The Morgan fingerprint density at radius 2 is 2.46 bits per heavy atom. The number of carbonyl (C=O) groups excluding carboxylic acids is 1. The van der Waals surface area contributed by atoms with Crippen molar-refractivity contribution < 1.29 is 9.90 Å². The van der Waals surface area contributed by atoms with Crippen LogP contribution in [0.3, 0.4) is 0 Å². The van der Waals surface area contributed by atoms with Gasteiger partial charge in [-0.1, -0.05) is 13.3 Å². The first-order chi connectivity index (χ1) is 6.15. The zero-order chi connectivity index (χ0) is 9.84. The predicted octanol–water partition coefficient (Wildman–Crippen LogP) is -0.293. The zero-order valence-corrected chi connectivity index (χ0v) is 8.07. The fourth-order valence-corrected chi connectivity index (χ4v) is 1.61. The van der Waals surface area contributed by atoms with Gasteiger partial charge in [-0.3, -0.25) is 4.79 Å². The average molecular weight is 186 g/mol. The molecule has 0 radical (unpaired) electrons. The highest BCUT2D eigenvalue weighted by molar-refractivity contribution is 5.81. The van der Waals surface area contributed by atoms with Gasteiger partial charge in [-0.2, -0.15) is 0 Å². The van der Waals surface area contributed by atoms with Gasteiger partial charge in [-0.05, 0) is 12.8 Å². The molecule has 0 aromatic rings. The molecule has 4 heteroatoms. The molecule has 3 N–H and O–H groups in total. The van der Waals surface area contributed by atoms with Crippen LogP contribution < -0.4 is 5.73 Å². The Hall–Kier alpha value is -0.610. The lowest BCUT2D eigenvalue weighted by molar-refractivity contribution is -0.132. The SMILES string of the molecule is CCC[C@@H](N)C(=O)N1CC[C@@H](O)C1. The van der Waals surface area contributed by atoms with Crippen molar-refractivity contribution in [2.24, 2.45) is 5.73 Å². The number of carbonyl (C=O) groups is 1. The van der Waals surface area contributed by atoms with Crippen LogP contribution in [0.4, 0.5) is 0 Å². The van der Waals surface area contributed by atoms with Crippen molar-refractivity contribution >= 4 is 5.91 Å². The van der Waals surface area contributed by atoms with E-state index in [1.54, 1.807) is 4.90 Å². The molecule has 1 saturated heterocycles. The Kier molecular flexibility index (Phi) is 3.69. The first-order valence-corrected chi connectivity index (χ1v) is 4.87. The van der Waals surface area contributed by atoms with Crippen LogP contribution in [0, 0.1) is 0 Å². The Bertz CT molecular complexity index is 184. The Balaban J connectivity index is 2.38. The van der Waals surface area contributed by atoms with Gasteiger partial charge in [0.15, 0.2) is 0 Å². The molecule has 1 rings (SSSR count). The van der Waals surface area contributed by atoms with Gasteiger partial charge in [0, 0.05) is 13.1 Å². The summed E-state index contributed by atoms with van der Waals surface area (Å²) in [5, 5.41) is 9.23. The second kappa shape index (κ2) is 4.58. The second-order valence-corrected chi connectivity index (χ2v) is 3.62. The zero-order valence-electron chi connectivity index (χ0n) is 8.07. The van der Waals surface area contributed by atoms with Gasteiger partial charge in [-0.15, -0.1) is 0 Å². The Morgan fingerprint density at radius 1 is 1.77 bits per heavy atom. The number of nitrogens with zero attached hydrogens (tertiary/aromatic N) is 1. The van der Waals surface area contributed by atoms with Crippen LogP contribution in [0.15, 0.2) is 0 Å². The quantitative estimate of drug-likeness (QED) is 0.636. The van der Waals surface area contributed by atoms with Crippen LogP contribution in [0.5, 0.6) is 0 Å². The van der Waals surface area contributed by atoms with E-state index in [0.717, 1.165) is 12.8 Å². The van der Waals surface area contributed by atoms with Gasteiger partial charge in [0.2, 0.25) is 5.91 Å². The second-order valence-electron chi connectivity index (χ2n) is 3.62. The molecule has 0 aliphatic carbocycles. The molecule has 4 nitrogen and oxygen atoms in total. The molecule has 1 amide bonds. The summed E-state index contributed by atoms with van der Waals surface area (Å²) in [4.78, 5) is 13.2. The van der Waals surface area contributed by atoms with Crippen molar-refractivity contribution in [2.45, 2.75) is 38.3 Å². The van der Waals surface area contributed by atoms with Crippen LogP contribution >= 0.6 is 0 Å². The topological polar surface area (TPSA) is 66.6 Å². The molecule has 0 aromatic heterocycles. The summed E-state index contributed by atoms with van der Waals surface area (Å²) < 4.78 is 0. The average Bonchev–Trinajstić information content (AvgIpc) is 2.51. The first-order valence-electron chi connectivity index (χ1n) is 4.87. The van der Waals surface area contributed by atoms with Crippen LogP contribution in [-0.2, 0) is 4.79 Å². The summed E-state index contributed by atoms with van der Waals surface area (Å²) >= 11 is 0. The van der Waals surface area contributed by atoms with E-state index in [2.05, 4.69) is 0 Å². The summed E-state index contributed by atoms with van der Waals surface area (Å²) in [6.07, 6.45) is 1.98. The number of hydrogen-bond acceptors (Lipinski definition) is 3. The number of amides is 1. The lowest BCUT2D eigenvalue weighted by Crippen LogP contribution is -2.42. The maximum atomic E-state index is 11.6. The van der Waals surface area contributed by atoms with Crippen molar-refractivity contribution in [1.82, 2.24) is 4.90 Å². The minimum atomic E-state index is -0.379. The lowest BCUT2D eigenvalue weighted by Gasteiger charge is -2.19. The third kappa shape index (κ3) is 2.67. The standard InChI is InChI=1S/C9H18N2O2/c1-2-3-8(10)9(13)11-5-4-7(12)6-11/h7-8,12H,2-6,10H2,1H3/t7-,8-/m1/s1. The van der Waals surface area contributed by atoms with Crippen LogP contribution in [0.1, 0.15) is 26.2 Å². The highest BCUT2D eigenvalue weighted by Gasteiger charge is 2.27. The van der Waals surface area contributed by atoms with E-state index in [4.69, 9.17) is 5.73 Å². The third-order valence-corrected chi connectivity index (χ3v) is 2.39. The molecular weight excluding hydrogens is 168 g/mol. The van der Waals surface area contributed by atoms with Gasteiger partial charge in [-0.25, -0.2) is 0 Å². The maximum Gasteiger partial charge on any atom is 0.239 e. The molecule has 0 saturated carbocycles. The van der Waals surface area contributed by atoms with Crippen LogP contribution in [0.2, 0.25) is 0 Å². The van der Waals surface area contributed by atoms with E-state index in [-0.39, 0.29) is 18.1 Å². The monoisotopic (exact) mass is 186 g/mol. The third-order valence-electron chi connectivity index (χ3n) is 2.39. The molecule has 1 aliphatic rings. The van der Waals surface area contributed by atoms with E-state index in [9.17, 15) is 9.90 Å². The Labute approximate surface area is 78.7 Å². The minimum absolute atomic E-state index is 0.0154. The van der Waals surface area contributed by atoms with Gasteiger partial charge < -0.3 is 15.7 Å². The molecule has 1 fully saturated rings. The molecule has 0 unspecified atom stereocenters. The van der Waals surface area contributed by atoms with E-state index >= 15 is 0 Å². The normalized spacial score (nSPS) is 24.8. The number of aliphatic hydroxyl groups is 1. The Morgan fingerprint density at radius 3 is 2.92 bits per heavy atom. The number of rotatable bonds is 3. The number of β-amino-alcohol motifs (C(OH)–C–C–N with tert-alkyl or cyclic N) is 1. The van der Waals surface area contributed by atoms with E-state index in [1.165, 1.54) is 0 Å². The van der Waals surface area contributed by atoms with Crippen molar-refractivity contribution in [3.05, 3.63) is 0 Å². The molecule has 0 spiro atoms. The van der Waals surface area contributed by atoms with Crippen molar-refractivity contribution in [2.75, 3.05) is 13.1 Å². The van der Waals surface area contributed by atoms with E-state index in [1.807, 2.05) is 6.92 Å². The molecular formula is C9H18N2O2. The molecule has 2 atom stereocenters. The first kappa shape index (κ1) is 10.5. The molecule has 0 aromatic carbocycles. The van der Waals surface area contributed by atoms with Crippen molar-refractivity contribution in [3.8, 4) is 0 Å². The van der Waals surface area contributed by atoms with Crippen molar-refractivity contribution in [1.29, 1.82) is 0 Å². The fourth-order valence-electron chi connectivity index (χ4n) is 1.61. The number of hydrogen-bond donors (Lipinski definition) is 2. The summed E-state index contributed by atoms with van der Waals surface area (Å²) in [5.41, 5.74) is 5.68. The highest BCUT2D eigenvalue weighted by atomic mass is 16.3. The molecule has 76 valence electrons. The summed E-state index contributed by atoms with van der Waals surface area (Å²) in [6.45, 7) is 3.11. The number of likely N-dealkylation sites (tertiary alicyclic amines) is 1. The van der Waals surface area contributed by atoms with Crippen LogP contribution in [-0.4, -0.2) is 41.1 Å². The smallest absolute Gasteiger partial charge is 0.239 e. The largest absolute Gasteiger partial charge is 0.391 e. The predicted molar refractivity (Wildman–Crippen MR) is 50.1 cm³/mol. The maximum absolute atomic E-state index is 11.6. The van der Waals surface area contributed by atoms with Gasteiger partial charge in [0.1, 0.15) is 0 Å². The summed E-state index contributed by atoms with van der Waals surface area (Å²) in [6, 6.07) is -0.379. The fraction of sp³-hybridized carbons (Fsp3) is 0.889.